The Morgan fingerprint density at radius 1 is 1.25 bits per heavy atom. The molecule has 0 bridgehead atoms. The van der Waals surface area contributed by atoms with Crippen LogP contribution >= 0.6 is 0 Å². The number of anilines is 1. The van der Waals surface area contributed by atoms with Gasteiger partial charge in [0, 0.05) is 18.7 Å². The van der Waals surface area contributed by atoms with E-state index in [4.69, 9.17) is 4.74 Å². The molecule has 1 aliphatic rings. The molecule has 0 saturated carbocycles. The fourth-order valence-corrected chi connectivity index (χ4v) is 2.21. The fraction of sp³-hybridized carbons (Fsp3) is 0.538. The lowest BCUT2D eigenvalue weighted by atomic mass is 9.96. The summed E-state index contributed by atoms with van der Waals surface area (Å²) < 4.78 is 5.55. The SMILES string of the molecule is COC(Nc1ccccc1)C1CCNCC1. The van der Waals surface area contributed by atoms with Crippen molar-refractivity contribution in [3.05, 3.63) is 30.3 Å². The van der Waals surface area contributed by atoms with Gasteiger partial charge in [-0.2, -0.15) is 0 Å². The lowest BCUT2D eigenvalue weighted by Crippen LogP contribution is -2.38. The maximum atomic E-state index is 5.55. The molecule has 3 nitrogen and oxygen atoms in total. The molecule has 1 fully saturated rings. The number of hydrogen-bond acceptors (Lipinski definition) is 3. The van der Waals surface area contributed by atoms with E-state index in [1.807, 2.05) is 18.2 Å². The first-order chi connectivity index (χ1) is 7.90. The Hall–Kier alpha value is -1.06. The lowest BCUT2D eigenvalue weighted by Gasteiger charge is -2.30. The molecule has 88 valence electrons. The topological polar surface area (TPSA) is 33.3 Å². The quantitative estimate of drug-likeness (QED) is 0.762. The summed E-state index contributed by atoms with van der Waals surface area (Å²) in [5.74, 6) is 0.603. The van der Waals surface area contributed by atoms with Crippen LogP contribution in [-0.4, -0.2) is 26.4 Å². The molecule has 1 aromatic carbocycles. The predicted octanol–water partition coefficient (Wildman–Crippen LogP) is 2.07. The molecule has 1 aromatic rings. The largest absolute Gasteiger partial charge is 0.362 e. The first-order valence-electron chi connectivity index (χ1n) is 5.95. The molecular weight excluding hydrogens is 200 g/mol. The van der Waals surface area contributed by atoms with E-state index < -0.39 is 0 Å². The van der Waals surface area contributed by atoms with E-state index in [1.54, 1.807) is 7.11 Å². The molecule has 1 saturated heterocycles. The second kappa shape index (κ2) is 5.87. The van der Waals surface area contributed by atoms with E-state index >= 15 is 0 Å². The van der Waals surface area contributed by atoms with Crippen molar-refractivity contribution in [3.8, 4) is 0 Å². The summed E-state index contributed by atoms with van der Waals surface area (Å²) in [6.07, 6.45) is 2.49. The average Bonchev–Trinajstić information content (AvgIpc) is 2.38. The van der Waals surface area contributed by atoms with Crippen molar-refractivity contribution in [3.63, 3.8) is 0 Å². The third-order valence-electron chi connectivity index (χ3n) is 3.15. The van der Waals surface area contributed by atoms with Crippen molar-refractivity contribution in [2.24, 2.45) is 5.92 Å². The highest BCUT2D eigenvalue weighted by Crippen LogP contribution is 2.20. The Morgan fingerprint density at radius 2 is 1.94 bits per heavy atom. The predicted molar refractivity (Wildman–Crippen MR) is 66.5 cm³/mol. The summed E-state index contributed by atoms with van der Waals surface area (Å²) in [5, 5.41) is 6.82. The van der Waals surface area contributed by atoms with Crippen molar-refractivity contribution < 1.29 is 4.74 Å². The molecule has 1 atom stereocenters. The van der Waals surface area contributed by atoms with Gasteiger partial charge in [-0.3, -0.25) is 0 Å². The van der Waals surface area contributed by atoms with E-state index in [0.29, 0.717) is 5.92 Å². The summed E-state index contributed by atoms with van der Waals surface area (Å²) >= 11 is 0. The van der Waals surface area contributed by atoms with Crippen molar-refractivity contribution in [1.82, 2.24) is 5.32 Å². The first-order valence-corrected chi connectivity index (χ1v) is 5.95. The van der Waals surface area contributed by atoms with Gasteiger partial charge < -0.3 is 15.4 Å². The van der Waals surface area contributed by atoms with Gasteiger partial charge in [0.05, 0.1) is 0 Å². The van der Waals surface area contributed by atoms with Gasteiger partial charge in [-0.25, -0.2) is 0 Å². The molecule has 1 unspecified atom stereocenters. The van der Waals surface area contributed by atoms with Crippen molar-refractivity contribution >= 4 is 5.69 Å². The zero-order valence-electron chi connectivity index (χ0n) is 9.78. The zero-order chi connectivity index (χ0) is 11.2. The van der Waals surface area contributed by atoms with Gasteiger partial charge in [0.15, 0.2) is 0 Å². The number of hydrogen-bond donors (Lipinski definition) is 2. The molecule has 0 amide bonds. The number of nitrogens with one attached hydrogen (secondary N) is 2. The van der Waals surface area contributed by atoms with Gasteiger partial charge in [-0.15, -0.1) is 0 Å². The maximum absolute atomic E-state index is 5.55. The Labute approximate surface area is 97.2 Å². The third kappa shape index (κ3) is 2.97. The number of benzene rings is 1. The maximum Gasteiger partial charge on any atom is 0.130 e. The summed E-state index contributed by atoms with van der Waals surface area (Å²) in [6, 6.07) is 10.3. The van der Waals surface area contributed by atoms with Crippen LogP contribution in [0.5, 0.6) is 0 Å². The molecule has 1 aliphatic heterocycles. The van der Waals surface area contributed by atoms with E-state index in [1.165, 1.54) is 12.8 Å². The van der Waals surface area contributed by atoms with Crippen molar-refractivity contribution in [2.45, 2.75) is 19.1 Å². The Bertz CT molecular complexity index is 296. The number of ether oxygens (including phenoxy) is 1. The summed E-state index contributed by atoms with van der Waals surface area (Å²) in [5.41, 5.74) is 1.13. The van der Waals surface area contributed by atoms with E-state index in [-0.39, 0.29) is 6.23 Å². The number of methoxy groups -OCH3 is 1. The summed E-state index contributed by atoms with van der Waals surface area (Å²) in [6.45, 7) is 2.20. The van der Waals surface area contributed by atoms with Crippen LogP contribution in [0.25, 0.3) is 0 Å². The van der Waals surface area contributed by atoms with Crippen molar-refractivity contribution in [1.29, 1.82) is 0 Å². The number of para-hydroxylation sites is 1. The minimum absolute atomic E-state index is 0.129. The zero-order valence-corrected chi connectivity index (χ0v) is 9.78. The van der Waals surface area contributed by atoms with Gasteiger partial charge in [-0.1, -0.05) is 18.2 Å². The lowest BCUT2D eigenvalue weighted by molar-refractivity contribution is 0.0605. The number of rotatable bonds is 4. The highest BCUT2D eigenvalue weighted by atomic mass is 16.5. The van der Waals surface area contributed by atoms with Gasteiger partial charge in [0.25, 0.3) is 0 Å². The molecule has 1 heterocycles. The van der Waals surface area contributed by atoms with Crippen molar-refractivity contribution in [2.75, 3.05) is 25.5 Å². The molecular formula is C13H20N2O. The average molecular weight is 220 g/mol. The van der Waals surface area contributed by atoms with E-state index in [0.717, 1.165) is 18.8 Å². The second-order valence-electron chi connectivity index (χ2n) is 4.25. The highest BCUT2D eigenvalue weighted by Gasteiger charge is 2.22. The number of piperidine rings is 1. The van der Waals surface area contributed by atoms with Gasteiger partial charge >= 0.3 is 0 Å². The molecule has 2 rings (SSSR count). The third-order valence-corrected chi connectivity index (χ3v) is 3.15. The fourth-order valence-electron chi connectivity index (χ4n) is 2.21. The first kappa shape index (κ1) is 11.4. The Kier molecular flexibility index (Phi) is 4.19. The Balaban J connectivity index is 1.94. The van der Waals surface area contributed by atoms with Crippen LogP contribution in [0.4, 0.5) is 5.69 Å². The standard InChI is InChI=1S/C13H20N2O/c1-16-13(11-7-9-14-10-8-11)15-12-5-3-2-4-6-12/h2-6,11,13-15H,7-10H2,1H3. The molecule has 3 heteroatoms. The minimum Gasteiger partial charge on any atom is -0.362 e. The summed E-state index contributed by atoms with van der Waals surface area (Å²) in [4.78, 5) is 0. The molecule has 0 radical (unpaired) electrons. The van der Waals surface area contributed by atoms with E-state index in [9.17, 15) is 0 Å². The van der Waals surface area contributed by atoms with Crippen LogP contribution < -0.4 is 10.6 Å². The smallest absolute Gasteiger partial charge is 0.130 e. The molecule has 0 aliphatic carbocycles. The van der Waals surface area contributed by atoms with E-state index in [2.05, 4.69) is 22.8 Å². The minimum atomic E-state index is 0.129. The highest BCUT2D eigenvalue weighted by molar-refractivity contribution is 5.43. The van der Waals surface area contributed by atoms with Gasteiger partial charge in [0.1, 0.15) is 6.23 Å². The van der Waals surface area contributed by atoms with Crippen LogP contribution in [0.1, 0.15) is 12.8 Å². The van der Waals surface area contributed by atoms with Crippen LogP contribution in [0.2, 0.25) is 0 Å². The molecule has 2 N–H and O–H groups in total. The second-order valence-corrected chi connectivity index (χ2v) is 4.25. The van der Waals surface area contributed by atoms with Crippen LogP contribution in [-0.2, 0) is 4.74 Å². The summed E-state index contributed by atoms with van der Waals surface area (Å²) in [7, 11) is 1.78. The van der Waals surface area contributed by atoms with Gasteiger partial charge in [0.2, 0.25) is 0 Å². The normalized spacial score (nSPS) is 19.3. The molecule has 0 aromatic heterocycles. The van der Waals surface area contributed by atoms with Crippen LogP contribution in [0, 0.1) is 5.92 Å². The van der Waals surface area contributed by atoms with Crippen LogP contribution in [0.15, 0.2) is 30.3 Å². The van der Waals surface area contributed by atoms with Crippen LogP contribution in [0.3, 0.4) is 0 Å². The van der Waals surface area contributed by atoms with Gasteiger partial charge in [-0.05, 0) is 38.1 Å². The molecule has 16 heavy (non-hydrogen) atoms. The molecule has 0 spiro atoms. The monoisotopic (exact) mass is 220 g/mol. The Morgan fingerprint density at radius 3 is 2.56 bits per heavy atom.